The Hall–Kier alpha value is -1.40. The molecule has 7 heteroatoms. The first-order valence-electron chi connectivity index (χ1n) is 9.48. The van der Waals surface area contributed by atoms with Crippen molar-refractivity contribution in [2.24, 2.45) is 5.73 Å². The van der Waals surface area contributed by atoms with Gasteiger partial charge in [0, 0.05) is 34.3 Å². The van der Waals surface area contributed by atoms with Gasteiger partial charge in [0.25, 0.3) is 5.91 Å². The van der Waals surface area contributed by atoms with Crippen LogP contribution in [0.1, 0.15) is 58.1 Å². The number of piperidine rings is 1. The maximum atomic E-state index is 13.4. The molecule has 4 rings (SSSR count). The van der Waals surface area contributed by atoms with E-state index in [-0.39, 0.29) is 17.9 Å². The van der Waals surface area contributed by atoms with Crippen LogP contribution in [0.15, 0.2) is 22.2 Å². The number of halogens is 2. The first-order valence-corrected chi connectivity index (χ1v) is 10.2. The zero-order chi connectivity index (χ0) is 19.1. The number of nitrogens with zero attached hydrogens (tertiary/aromatic N) is 2. The monoisotopic (exact) mass is 406 g/mol. The number of hydrogen-bond acceptors (Lipinski definition) is 4. The van der Waals surface area contributed by atoms with Crippen LogP contribution in [0.25, 0.3) is 0 Å². The molecule has 1 aromatic heterocycles. The molecule has 27 heavy (non-hydrogen) atoms. The number of nitrogens with one attached hydrogen (secondary N) is 1. The third-order valence-electron chi connectivity index (χ3n) is 5.88. The number of hydrogen-bond donors (Lipinski definition) is 2. The number of carbonyl (C=O) groups excluding carboxylic acids is 1. The summed E-state index contributed by atoms with van der Waals surface area (Å²) in [6, 6.07) is 0.258. The van der Waals surface area contributed by atoms with Crippen molar-refractivity contribution in [2.75, 3.05) is 13.1 Å². The average molecular weight is 407 g/mol. The molecular formula is C20H24Cl2N4O. The average Bonchev–Trinajstić information content (AvgIpc) is 2.98. The normalized spacial score (nSPS) is 23.3. The summed E-state index contributed by atoms with van der Waals surface area (Å²) in [5.74, 6) is -0.0284. The molecule has 3 N–H and O–H groups in total. The van der Waals surface area contributed by atoms with E-state index in [4.69, 9.17) is 33.9 Å². The number of carbonyl (C=O) groups is 1. The van der Waals surface area contributed by atoms with Crippen molar-refractivity contribution in [3.8, 4) is 0 Å². The number of pyridine rings is 1. The molecule has 5 nitrogen and oxygen atoms in total. The number of aryl methyl sites for hydroxylation is 1. The predicted octanol–water partition coefficient (Wildman–Crippen LogP) is 3.29. The Labute approximate surface area is 169 Å². The van der Waals surface area contributed by atoms with Crippen LogP contribution in [0, 0.1) is 6.92 Å². The Morgan fingerprint density at radius 2 is 2.07 bits per heavy atom. The molecule has 1 aliphatic carbocycles. The molecule has 0 bridgehead atoms. The molecule has 144 valence electrons. The lowest BCUT2D eigenvalue weighted by Crippen LogP contribution is -2.43. The Kier molecular flexibility index (Phi) is 5.30. The lowest BCUT2D eigenvalue weighted by Gasteiger charge is -2.31. The summed E-state index contributed by atoms with van der Waals surface area (Å²) in [5.41, 5.74) is 10.4. The van der Waals surface area contributed by atoms with Crippen LogP contribution in [0.5, 0.6) is 0 Å². The maximum absolute atomic E-state index is 13.4. The second kappa shape index (κ2) is 7.55. The van der Waals surface area contributed by atoms with E-state index in [0.717, 1.165) is 48.4 Å². The minimum absolute atomic E-state index is 0.0687. The molecule has 2 aliphatic heterocycles. The largest absolute Gasteiger partial charge is 0.330 e. The van der Waals surface area contributed by atoms with Crippen LogP contribution in [-0.2, 0) is 13.1 Å². The first-order chi connectivity index (χ1) is 13.0. The van der Waals surface area contributed by atoms with Crippen LogP contribution in [0.4, 0.5) is 0 Å². The number of nitrogens with two attached hydrogens (primary N) is 1. The highest BCUT2D eigenvalue weighted by Gasteiger charge is 2.39. The Morgan fingerprint density at radius 1 is 1.33 bits per heavy atom. The topological polar surface area (TPSA) is 71.2 Å². The number of amides is 1. The predicted molar refractivity (Wildman–Crippen MR) is 108 cm³/mol. The van der Waals surface area contributed by atoms with Crippen molar-refractivity contribution in [2.45, 2.75) is 51.2 Å². The molecule has 1 aromatic rings. The van der Waals surface area contributed by atoms with Gasteiger partial charge in [-0.05, 0) is 56.5 Å². The Bertz CT molecular complexity index is 843. The van der Waals surface area contributed by atoms with Gasteiger partial charge in [0.15, 0.2) is 0 Å². The van der Waals surface area contributed by atoms with E-state index < -0.39 is 0 Å². The molecular weight excluding hydrogens is 383 g/mol. The molecule has 3 aliphatic rings. The third kappa shape index (κ3) is 3.31. The first kappa shape index (κ1) is 18.9. The lowest BCUT2D eigenvalue weighted by atomic mass is 9.84. The summed E-state index contributed by atoms with van der Waals surface area (Å²) < 4.78 is 0. The molecule has 3 heterocycles. The molecule has 1 saturated heterocycles. The van der Waals surface area contributed by atoms with Crippen LogP contribution in [-0.4, -0.2) is 34.9 Å². The summed E-state index contributed by atoms with van der Waals surface area (Å²) >= 11 is 12.7. The maximum Gasteiger partial charge on any atom is 0.256 e. The summed E-state index contributed by atoms with van der Waals surface area (Å²) in [5, 5.41) is 4.65. The van der Waals surface area contributed by atoms with Gasteiger partial charge >= 0.3 is 0 Å². The van der Waals surface area contributed by atoms with Gasteiger partial charge in [-0.2, -0.15) is 0 Å². The third-order valence-corrected chi connectivity index (χ3v) is 6.51. The fourth-order valence-electron chi connectivity index (χ4n) is 4.50. The Balaban J connectivity index is 1.79. The Morgan fingerprint density at radius 3 is 2.74 bits per heavy atom. The number of fused-ring (bicyclic) bond motifs is 1. The fourth-order valence-corrected chi connectivity index (χ4v) is 5.08. The zero-order valence-corrected chi connectivity index (χ0v) is 16.9. The number of rotatable bonds is 3. The highest BCUT2D eigenvalue weighted by Crippen LogP contribution is 2.43. The van der Waals surface area contributed by atoms with Gasteiger partial charge in [0.2, 0.25) is 0 Å². The molecule has 0 aromatic carbocycles. The highest BCUT2D eigenvalue weighted by molar-refractivity contribution is 6.35. The number of allylic oxidation sites excluding steroid dienone is 4. The molecule has 1 unspecified atom stereocenters. The van der Waals surface area contributed by atoms with Gasteiger partial charge in [0.05, 0.1) is 17.8 Å². The van der Waals surface area contributed by atoms with Crippen molar-refractivity contribution in [3.63, 3.8) is 0 Å². The van der Waals surface area contributed by atoms with Gasteiger partial charge in [-0.25, -0.2) is 0 Å². The van der Waals surface area contributed by atoms with Crippen LogP contribution >= 0.6 is 23.2 Å². The van der Waals surface area contributed by atoms with E-state index in [1.165, 1.54) is 0 Å². The summed E-state index contributed by atoms with van der Waals surface area (Å²) in [6.07, 6.45) is 6.33. The molecule has 0 saturated carbocycles. The minimum atomic E-state index is -0.0971. The quantitative estimate of drug-likeness (QED) is 0.807. The summed E-state index contributed by atoms with van der Waals surface area (Å²) in [6.45, 7) is 4.76. The zero-order valence-electron chi connectivity index (χ0n) is 15.4. The summed E-state index contributed by atoms with van der Waals surface area (Å²) in [4.78, 5) is 20.2. The number of aromatic nitrogens is 1. The van der Waals surface area contributed by atoms with Gasteiger partial charge in [-0.15, -0.1) is 0 Å². The van der Waals surface area contributed by atoms with E-state index in [1.54, 1.807) is 6.08 Å². The fraction of sp³-hybridized carbons (Fsp3) is 0.500. The van der Waals surface area contributed by atoms with Crippen molar-refractivity contribution in [3.05, 3.63) is 50.3 Å². The van der Waals surface area contributed by atoms with Gasteiger partial charge in [-0.1, -0.05) is 29.3 Å². The van der Waals surface area contributed by atoms with Crippen LogP contribution in [0.3, 0.4) is 0 Å². The highest BCUT2D eigenvalue weighted by atomic mass is 35.5. The van der Waals surface area contributed by atoms with Crippen LogP contribution in [0.2, 0.25) is 0 Å². The molecule has 0 radical (unpaired) electrons. The lowest BCUT2D eigenvalue weighted by molar-refractivity contribution is 0.0666. The van der Waals surface area contributed by atoms with E-state index in [1.807, 2.05) is 17.9 Å². The summed E-state index contributed by atoms with van der Waals surface area (Å²) in [7, 11) is 0. The van der Waals surface area contributed by atoms with E-state index in [0.29, 0.717) is 35.1 Å². The van der Waals surface area contributed by atoms with Gasteiger partial charge in [-0.3, -0.25) is 9.78 Å². The van der Waals surface area contributed by atoms with E-state index in [9.17, 15) is 4.79 Å². The van der Waals surface area contributed by atoms with Crippen LogP contribution < -0.4 is 11.1 Å². The SMILES string of the molecule is Cc1nc2c(c(C3CC=C(Cl)C=C3Cl)c1CN)C(=O)N(C1CCNCC1)C2. The van der Waals surface area contributed by atoms with Crippen molar-refractivity contribution < 1.29 is 4.79 Å². The second-order valence-corrected chi connectivity index (χ2v) is 8.31. The van der Waals surface area contributed by atoms with E-state index >= 15 is 0 Å². The van der Waals surface area contributed by atoms with E-state index in [2.05, 4.69) is 5.32 Å². The molecule has 1 amide bonds. The van der Waals surface area contributed by atoms with Gasteiger partial charge in [0.1, 0.15) is 0 Å². The van der Waals surface area contributed by atoms with Crippen molar-refractivity contribution in [1.82, 2.24) is 15.2 Å². The smallest absolute Gasteiger partial charge is 0.256 e. The standard InChI is InChI=1S/C20H24Cl2N4O/c1-11-15(9-23)18(14-3-2-12(21)8-16(14)22)19-17(25-11)10-26(20(19)27)13-4-6-24-7-5-13/h2,8,13-14,24H,3-7,9-10,23H2,1H3. The van der Waals surface area contributed by atoms with Crippen molar-refractivity contribution in [1.29, 1.82) is 0 Å². The molecule has 1 atom stereocenters. The molecule has 0 spiro atoms. The minimum Gasteiger partial charge on any atom is -0.330 e. The molecule has 1 fully saturated rings. The second-order valence-electron chi connectivity index (χ2n) is 7.44. The van der Waals surface area contributed by atoms with Crippen molar-refractivity contribution >= 4 is 29.1 Å². The van der Waals surface area contributed by atoms with Gasteiger partial charge < -0.3 is 16.0 Å².